The summed E-state index contributed by atoms with van der Waals surface area (Å²) in [7, 11) is 0. The number of nitrogens with zero attached hydrogens (tertiary/aromatic N) is 1. The summed E-state index contributed by atoms with van der Waals surface area (Å²) in [6.07, 6.45) is -0.633. The monoisotopic (exact) mass is 370 g/mol. The number of benzene rings is 2. The zero-order valence-electron chi connectivity index (χ0n) is 15.3. The van der Waals surface area contributed by atoms with Crippen molar-refractivity contribution in [3.8, 4) is 5.75 Å². The third-order valence-corrected chi connectivity index (χ3v) is 5.35. The molecule has 1 heterocycles. The van der Waals surface area contributed by atoms with Crippen molar-refractivity contribution in [3.05, 3.63) is 57.2 Å². The molecule has 2 aromatic carbocycles. The quantitative estimate of drug-likeness (QED) is 0.735. The largest absolute Gasteiger partial charge is 0.481 e. The molecular weight excluding hydrogens is 348 g/mol. The highest BCUT2D eigenvalue weighted by atomic mass is 32.1. The Morgan fingerprint density at radius 3 is 2.65 bits per heavy atom. The Morgan fingerprint density at radius 1 is 1.19 bits per heavy atom. The molecule has 1 N–H and O–H groups in total. The Morgan fingerprint density at radius 2 is 1.96 bits per heavy atom. The maximum atomic E-state index is 12.4. The van der Waals surface area contributed by atoms with Gasteiger partial charge in [0, 0.05) is 12.2 Å². The van der Waals surface area contributed by atoms with Crippen LogP contribution in [0.1, 0.15) is 25.0 Å². The first kappa shape index (κ1) is 18.2. The average molecular weight is 370 g/mol. The Kier molecular flexibility index (Phi) is 5.13. The smallest absolute Gasteiger partial charge is 0.308 e. The van der Waals surface area contributed by atoms with Crippen LogP contribution in [0.4, 0.5) is 5.69 Å². The van der Waals surface area contributed by atoms with Crippen molar-refractivity contribution in [1.82, 2.24) is 4.57 Å². The van der Waals surface area contributed by atoms with Crippen molar-refractivity contribution >= 4 is 33.1 Å². The van der Waals surface area contributed by atoms with Crippen molar-refractivity contribution in [2.45, 2.75) is 40.3 Å². The molecule has 3 rings (SSSR count). The number of hydrogen-bond donors (Lipinski definition) is 1. The summed E-state index contributed by atoms with van der Waals surface area (Å²) in [6.45, 7) is 8.33. The molecule has 0 fully saturated rings. The van der Waals surface area contributed by atoms with Crippen LogP contribution in [-0.4, -0.2) is 16.6 Å². The summed E-state index contributed by atoms with van der Waals surface area (Å²) in [5.41, 5.74) is 3.85. The highest BCUT2D eigenvalue weighted by Gasteiger charge is 2.16. The normalized spacial score (nSPS) is 12.2. The highest BCUT2D eigenvalue weighted by Crippen LogP contribution is 2.22. The van der Waals surface area contributed by atoms with E-state index in [0.29, 0.717) is 18.0 Å². The van der Waals surface area contributed by atoms with Crippen LogP contribution < -0.4 is 14.9 Å². The van der Waals surface area contributed by atoms with E-state index in [2.05, 4.69) is 5.32 Å². The van der Waals surface area contributed by atoms with Crippen LogP contribution >= 0.6 is 11.3 Å². The molecule has 3 aromatic rings. The molecule has 1 atom stereocenters. The molecule has 0 bridgehead atoms. The van der Waals surface area contributed by atoms with Gasteiger partial charge in [0.1, 0.15) is 5.75 Å². The van der Waals surface area contributed by atoms with Crippen LogP contribution in [0, 0.1) is 13.8 Å². The molecule has 0 aliphatic rings. The number of carbonyl (C=O) groups excluding carboxylic acids is 1. The second-order valence-electron chi connectivity index (χ2n) is 6.29. The molecule has 1 amide bonds. The summed E-state index contributed by atoms with van der Waals surface area (Å²) in [5.74, 6) is 0.439. The topological polar surface area (TPSA) is 60.3 Å². The van der Waals surface area contributed by atoms with Crippen LogP contribution in [0.25, 0.3) is 10.2 Å². The fraction of sp³-hybridized carbons (Fsp3) is 0.300. The van der Waals surface area contributed by atoms with Gasteiger partial charge >= 0.3 is 4.87 Å². The van der Waals surface area contributed by atoms with E-state index in [9.17, 15) is 9.59 Å². The number of aryl methyl sites for hydroxylation is 3. The first-order chi connectivity index (χ1) is 12.4. The van der Waals surface area contributed by atoms with Gasteiger partial charge < -0.3 is 10.1 Å². The van der Waals surface area contributed by atoms with E-state index in [1.165, 1.54) is 16.9 Å². The predicted molar refractivity (Wildman–Crippen MR) is 106 cm³/mol. The number of carbonyl (C=O) groups is 1. The molecule has 0 spiro atoms. The van der Waals surface area contributed by atoms with E-state index < -0.39 is 6.10 Å². The molecule has 136 valence electrons. The molecule has 1 aromatic heterocycles. The lowest BCUT2D eigenvalue weighted by atomic mass is 10.1. The van der Waals surface area contributed by atoms with Crippen molar-refractivity contribution in [2.75, 3.05) is 5.32 Å². The Hall–Kier alpha value is -2.60. The first-order valence-electron chi connectivity index (χ1n) is 8.57. The molecule has 0 aliphatic heterocycles. The number of ether oxygens (including phenoxy) is 1. The van der Waals surface area contributed by atoms with E-state index in [1.54, 1.807) is 17.6 Å². The number of thiazole rings is 1. The summed E-state index contributed by atoms with van der Waals surface area (Å²) in [5, 5.41) is 2.86. The van der Waals surface area contributed by atoms with E-state index >= 15 is 0 Å². The molecule has 0 radical (unpaired) electrons. The molecule has 5 nitrogen and oxygen atoms in total. The Balaban J connectivity index is 1.73. The van der Waals surface area contributed by atoms with E-state index in [0.717, 1.165) is 15.8 Å². The van der Waals surface area contributed by atoms with Gasteiger partial charge in [-0.05, 0) is 69.2 Å². The van der Waals surface area contributed by atoms with Crippen LogP contribution in [0.5, 0.6) is 5.75 Å². The molecule has 6 heteroatoms. The number of anilines is 1. The first-order valence-corrected chi connectivity index (χ1v) is 9.39. The minimum absolute atomic E-state index is 0.0115. The van der Waals surface area contributed by atoms with Crippen LogP contribution in [0.15, 0.2) is 41.2 Å². The third kappa shape index (κ3) is 3.65. The fourth-order valence-corrected chi connectivity index (χ4v) is 3.73. The maximum absolute atomic E-state index is 12.4. The van der Waals surface area contributed by atoms with E-state index in [4.69, 9.17) is 4.74 Å². The lowest BCUT2D eigenvalue weighted by molar-refractivity contribution is -0.122. The van der Waals surface area contributed by atoms with Crippen molar-refractivity contribution in [1.29, 1.82) is 0 Å². The molecular formula is C20H22N2O3S. The third-order valence-electron chi connectivity index (χ3n) is 4.41. The van der Waals surface area contributed by atoms with Gasteiger partial charge in [-0.25, -0.2) is 0 Å². The Bertz CT molecular complexity index is 1020. The molecule has 0 aliphatic carbocycles. The summed E-state index contributed by atoms with van der Waals surface area (Å²) in [6, 6.07) is 11.3. The van der Waals surface area contributed by atoms with E-state index in [-0.39, 0.29) is 10.8 Å². The lowest BCUT2D eigenvalue weighted by Gasteiger charge is -2.15. The average Bonchev–Trinajstić information content (AvgIpc) is 2.92. The van der Waals surface area contributed by atoms with Crippen LogP contribution in [0.3, 0.4) is 0 Å². The number of fused-ring (bicyclic) bond motifs is 1. The summed E-state index contributed by atoms with van der Waals surface area (Å²) < 4.78 is 8.33. The molecule has 0 saturated carbocycles. The SMILES string of the molecule is CCn1c(=O)sc2cc(NC(=O)[C@H](C)Oc3ccc(C)c(C)c3)ccc21. The highest BCUT2D eigenvalue weighted by molar-refractivity contribution is 7.16. The lowest BCUT2D eigenvalue weighted by Crippen LogP contribution is -2.30. The van der Waals surface area contributed by atoms with Gasteiger partial charge in [-0.15, -0.1) is 0 Å². The van der Waals surface area contributed by atoms with Crippen LogP contribution in [-0.2, 0) is 11.3 Å². The molecule has 0 unspecified atom stereocenters. The van der Waals surface area contributed by atoms with Crippen molar-refractivity contribution in [2.24, 2.45) is 0 Å². The van der Waals surface area contributed by atoms with Gasteiger partial charge in [0.05, 0.1) is 10.2 Å². The van der Waals surface area contributed by atoms with Crippen LogP contribution in [0.2, 0.25) is 0 Å². The van der Waals surface area contributed by atoms with Gasteiger partial charge in [-0.3, -0.25) is 14.2 Å². The second-order valence-corrected chi connectivity index (χ2v) is 7.28. The van der Waals surface area contributed by atoms with E-state index in [1.807, 2.05) is 51.1 Å². The number of amides is 1. The minimum Gasteiger partial charge on any atom is -0.481 e. The number of hydrogen-bond acceptors (Lipinski definition) is 4. The summed E-state index contributed by atoms with van der Waals surface area (Å²) >= 11 is 1.18. The van der Waals surface area contributed by atoms with Crippen molar-refractivity contribution < 1.29 is 9.53 Å². The Labute approximate surface area is 156 Å². The van der Waals surface area contributed by atoms with Gasteiger partial charge in [-0.1, -0.05) is 17.4 Å². The van der Waals surface area contributed by atoms with Gasteiger partial charge in [0.25, 0.3) is 5.91 Å². The van der Waals surface area contributed by atoms with Gasteiger partial charge in [0.15, 0.2) is 6.10 Å². The minimum atomic E-state index is -0.633. The molecule has 26 heavy (non-hydrogen) atoms. The zero-order valence-corrected chi connectivity index (χ0v) is 16.1. The summed E-state index contributed by atoms with van der Waals surface area (Å²) in [4.78, 5) is 24.4. The number of nitrogens with one attached hydrogen (secondary N) is 1. The number of aromatic nitrogens is 1. The predicted octanol–water partition coefficient (Wildman–Crippen LogP) is 4.11. The standard InChI is InChI=1S/C20H22N2O3S/c1-5-22-17-9-7-15(11-18(17)26-20(22)24)21-19(23)14(4)25-16-8-6-12(2)13(3)10-16/h6-11,14H,5H2,1-4H3,(H,21,23)/t14-/m0/s1. The maximum Gasteiger partial charge on any atom is 0.308 e. The molecule has 0 saturated heterocycles. The van der Waals surface area contributed by atoms with Crippen molar-refractivity contribution in [3.63, 3.8) is 0 Å². The zero-order chi connectivity index (χ0) is 18.8. The number of rotatable bonds is 5. The van der Waals surface area contributed by atoms with Gasteiger partial charge in [-0.2, -0.15) is 0 Å². The second kappa shape index (κ2) is 7.33. The fourth-order valence-electron chi connectivity index (χ4n) is 2.73. The van der Waals surface area contributed by atoms with Gasteiger partial charge in [0.2, 0.25) is 0 Å².